The van der Waals surface area contributed by atoms with Crippen molar-refractivity contribution in [2.45, 2.75) is 113 Å². The summed E-state index contributed by atoms with van der Waals surface area (Å²) in [4.78, 5) is 25.7. The Morgan fingerprint density at radius 2 is 1.35 bits per heavy atom. The topological polar surface area (TPSA) is 314 Å². The number of esters is 1. The molecule has 0 spiro atoms. The highest BCUT2D eigenvalue weighted by atomic mass is 16.8. The van der Waals surface area contributed by atoms with Gasteiger partial charge in [0.1, 0.15) is 83.2 Å². The number of carbonyl (C=O) groups excluding carboxylic acids is 1. The molecule has 3 aliphatic rings. The summed E-state index contributed by atoms with van der Waals surface area (Å²) in [5.41, 5.74) is -1.08. The van der Waals surface area contributed by atoms with Crippen molar-refractivity contribution in [1.29, 1.82) is 0 Å². The maximum atomic E-state index is 13.8. The number of hydrogen-bond donors (Lipinski definition) is 10. The molecule has 0 aliphatic carbocycles. The summed E-state index contributed by atoms with van der Waals surface area (Å²) in [7, 11) is 0. The Kier molecular flexibility index (Phi) is 11.9. The first-order valence-corrected chi connectivity index (χ1v) is 17.1. The second-order valence-electron chi connectivity index (χ2n) is 13.5. The molecule has 10 N–H and O–H groups in total. The monoisotopic (exact) mass is 782 g/mol. The average molecular weight is 783 g/mol. The van der Waals surface area contributed by atoms with E-state index in [9.17, 15) is 60.7 Å². The quantitative estimate of drug-likeness (QED) is 0.105. The van der Waals surface area contributed by atoms with Gasteiger partial charge in [0.2, 0.25) is 17.5 Å². The summed E-state index contributed by atoms with van der Waals surface area (Å²) in [6.45, 7) is 3.26. The van der Waals surface area contributed by atoms with E-state index in [4.69, 9.17) is 37.6 Å². The minimum atomic E-state index is -2.00. The molecule has 4 heterocycles. The SMILES string of the molecule is CC(=O)OC1C(C)OC(OCC2OC(Oc3c(-c4ccc(O)cc4)oc4cc(O)cc(O)c4c3=O)C(O)C(O)C2O)C(O)C1OC1OC(C)C(O)C(O)C1O. The zero-order chi connectivity index (χ0) is 40.0. The number of ether oxygens (including phenoxy) is 7. The van der Waals surface area contributed by atoms with Crippen LogP contribution in [0.1, 0.15) is 20.8 Å². The van der Waals surface area contributed by atoms with Crippen LogP contribution in [0.15, 0.2) is 45.6 Å². The van der Waals surface area contributed by atoms with Gasteiger partial charge in [-0.1, -0.05) is 0 Å². The van der Waals surface area contributed by atoms with Crippen molar-refractivity contribution in [2.75, 3.05) is 6.61 Å². The number of hydrogen-bond acceptors (Lipinski definition) is 20. The fraction of sp³-hybridized carbons (Fsp3) is 0.543. The highest BCUT2D eigenvalue weighted by Crippen LogP contribution is 2.38. The summed E-state index contributed by atoms with van der Waals surface area (Å²) >= 11 is 0. The van der Waals surface area contributed by atoms with Crippen LogP contribution in [0, 0.1) is 0 Å². The van der Waals surface area contributed by atoms with Crippen LogP contribution in [0.5, 0.6) is 23.0 Å². The number of phenols is 3. The Balaban J connectivity index is 1.24. The first-order valence-electron chi connectivity index (χ1n) is 17.1. The summed E-state index contributed by atoms with van der Waals surface area (Å²) in [5, 5.41) is 105. The largest absolute Gasteiger partial charge is 0.508 e. The third-order valence-corrected chi connectivity index (χ3v) is 9.53. The van der Waals surface area contributed by atoms with Crippen molar-refractivity contribution >= 4 is 16.9 Å². The van der Waals surface area contributed by atoms with E-state index in [1.165, 1.54) is 38.1 Å². The Bertz CT molecular complexity index is 1880. The van der Waals surface area contributed by atoms with E-state index in [0.717, 1.165) is 19.1 Å². The van der Waals surface area contributed by atoms with Crippen LogP contribution in [-0.4, -0.2) is 156 Å². The highest BCUT2D eigenvalue weighted by Gasteiger charge is 2.52. The van der Waals surface area contributed by atoms with Crippen molar-refractivity contribution in [3.8, 4) is 34.3 Å². The molecule has 0 bridgehead atoms. The fourth-order valence-electron chi connectivity index (χ4n) is 6.55. The van der Waals surface area contributed by atoms with E-state index in [2.05, 4.69) is 0 Å². The predicted molar refractivity (Wildman–Crippen MR) is 179 cm³/mol. The molecule has 1 aromatic heterocycles. The number of aliphatic hydroxyl groups excluding tert-OH is 7. The lowest BCUT2D eigenvalue weighted by atomic mass is 9.97. The van der Waals surface area contributed by atoms with Gasteiger partial charge in [0, 0.05) is 24.6 Å². The zero-order valence-corrected chi connectivity index (χ0v) is 29.4. The molecular formula is C35H42O20. The van der Waals surface area contributed by atoms with E-state index < -0.39 is 133 Å². The van der Waals surface area contributed by atoms with Gasteiger partial charge < -0.3 is 88.6 Å². The van der Waals surface area contributed by atoms with Crippen LogP contribution >= 0.6 is 0 Å². The second-order valence-corrected chi connectivity index (χ2v) is 13.5. The van der Waals surface area contributed by atoms with Gasteiger partial charge in [0.05, 0.1) is 18.8 Å². The molecular weight excluding hydrogens is 740 g/mol. The molecule has 3 aromatic rings. The summed E-state index contributed by atoms with van der Waals surface area (Å²) in [6.07, 6.45) is -24.2. The number of phenolic OH excluding ortho intramolecular Hbond substituents is 3. The van der Waals surface area contributed by atoms with Gasteiger partial charge in [-0.05, 0) is 38.1 Å². The number of rotatable bonds is 9. The van der Waals surface area contributed by atoms with Gasteiger partial charge in [0.15, 0.2) is 24.4 Å². The molecule has 20 heteroatoms. The van der Waals surface area contributed by atoms with Gasteiger partial charge >= 0.3 is 5.97 Å². The number of fused-ring (bicyclic) bond motifs is 1. The molecule has 55 heavy (non-hydrogen) atoms. The minimum absolute atomic E-state index is 0.134. The highest BCUT2D eigenvalue weighted by molar-refractivity contribution is 5.88. The van der Waals surface area contributed by atoms with Gasteiger partial charge in [-0.3, -0.25) is 9.59 Å². The molecule has 3 fully saturated rings. The van der Waals surface area contributed by atoms with Gasteiger partial charge in [-0.15, -0.1) is 0 Å². The van der Waals surface area contributed by atoms with E-state index in [1.54, 1.807) is 0 Å². The van der Waals surface area contributed by atoms with Crippen molar-refractivity contribution in [3.63, 3.8) is 0 Å². The molecule has 3 aliphatic heterocycles. The predicted octanol–water partition coefficient (Wildman–Crippen LogP) is -1.97. The number of aromatic hydroxyl groups is 3. The standard InChI is InChI=1S/C35H42O20/c1-11-21(40)24(43)26(45)34(49-11)55-32-28(47)33(50-12(2)29(32)51-13(3)36)48-10-19-22(41)25(44)27(46)35(53-19)54-31-23(42)20-17(39)8-16(38)9-18(20)52-30(31)14-4-6-15(37)7-5-14/h4-9,11-12,19,21-22,24-29,32-35,37-41,43-47H,10H2,1-3H3. The van der Waals surface area contributed by atoms with Crippen LogP contribution < -0.4 is 10.2 Å². The average Bonchev–Trinajstić information content (AvgIpc) is 3.13. The van der Waals surface area contributed by atoms with Crippen LogP contribution in [0.25, 0.3) is 22.3 Å². The summed E-state index contributed by atoms with van der Waals surface area (Å²) < 4.78 is 45.5. The van der Waals surface area contributed by atoms with E-state index in [-0.39, 0.29) is 22.7 Å². The molecule has 20 nitrogen and oxygen atoms in total. The maximum Gasteiger partial charge on any atom is 0.303 e. The molecule has 2 aromatic carbocycles. The van der Waals surface area contributed by atoms with E-state index in [0.29, 0.717) is 0 Å². The fourth-order valence-corrected chi connectivity index (χ4v) is 6.55. The van der Waals surface area contributed by atoms with Crippen molar-refractivity contribution in [1.82, 2.24) is 0 Å². The first kappa shape index (κ1) is 40.5. The van der Waals surface area contributed by atoms with Gasteiger partial charge in [-0.2, -0.15) is 0 Å². The number of benzene rings is 2. The minimum Gasteiger partial charge on any atom is -0.508 e. The lowest BCUT2D eigenvalue weighted by molar-refractivity contribution is -0.359. The van der Waals surface area contributed by atoms with Crippen molar-refractivity contribution < 1.29 is 93.4 Å². The number of aliphatic hydroxyl groups is 7. The molecule has 6 rings (SSSR count). The molecule has 0 radical (unpaired) electrons. The number of carbonyl (C=O) groups is 1. The van der Waals surface area contributed by atoms with Crippen LogP contribution in [0.3, 0.4) is 0 Å². The Labute approximate surface area is 310 Å². The van der Waals surface area contributed by atoms with Gasteiger partial charge in [0.25, 0.3) is 0 Å². The Morgan fingerprint density at radius 3 is 2.02 bits per heavy atom. The molecule has 3 saturated heterocycles. The van der Waals surface area contributed by atoms with Gasteiger partial charge in [-0.25, -0.2) is 0 Å². The van der Waals surface area contributed by atoms with Crippen molar-refractivity contribution in [2.24, 2.45) is 0 Å². The second kappa shape index (κ2) is 16.1. The van der Waals surface area contributed by atoms with Crippen molar-refractivity contribution in [3.05, 3.63) is 46.6 Å². The van der Waals surface area contributed by atoms with Crippen LogP contribution in [0.4, 0.5) is 0 Å². The molecule has 15 atom stereocenters. The van der Waals surface area contributed by atoms with E-state index in [1.807, 2.05) is 0 Å². The maximum absolute atomic E-state index is 13.8. The third kappa shape index (κ3) is 8.08. The first-order chi connectivity index (χ1) is 26.0. The molecule has 15 unspecified atom stereocenters. The summed E-state index contributed by atoms with van der Waals surface area (Å²) in [6, 6.07) is 7.20. The Hall–Kier alpha value is -4.16. The van der Waals surface area contributed by atoms with Crippen LogP contribution in [-0.2, 0) is 33.2 Å². The molecule has 0 saturated carbocycles. The molecule has 302 valence electrons. The smallest absolute Gasteiger partial charge is 0.303 e. The lowest BCUT2D eigenvalue weighted by Crippen LogP contribution is -2.64. The summed E-state index contributed by atoms with van der Waals surface area (Å²) in [5.74, 6) is -2.96. The molecule has 0 amide bonds. The van der Waals surface area contributed by atoms with E-state index >= 15 is 0 Å². The normalized spacial score (nSPS) is 36.7. The third-order valence-electron chi connectivity index (χ3n) is 9.53. The lowest BCUT2D eigenvalue weighted by Gasteiger charge is -2.46. The zero-order valence-electron chi connectivity index (χ0n) is 29.4. The Morgan fingerprint density at radius 1 is 0.709 bits per heavy atom. The van der Waals surface area contributed by atoms with Crippen LogP contribution in [0.2, 0.25) is 0 Å².